The molecule has 4 nitrogen and oxygen atoms in total. The Morgan fingerprint density at radius 1 is 1.33 bits per heavy atom. The number of rotatable bonds is 5. The van der Waals surface area contributed by atoms with E-state index < -0.39 is 15.7 Å². The molecule has 0 fully saturated rings. The van der Waals surface area contributed by atoms with E-state index in [4.69, 9.17) is 0 Å². The maximum Gasteiger partial charge on any atom is 0.244 e. The minimum atomic E-state index is -3.54. The van der Waals surface area contributed by atoms with Crippen LogP contribution in [0.25, 0.3) is 0 Å². The summed E-state index contributed by atoms with van der Waals surface area (Å²) in [4.78, 5) is 11.6. The Kier molecular flexibility index (Phi) is 5.09. The van der Waals surface area contributed by atoms with Crippen molar-refractivity contribution in [3.05, 3.63) is 41.8 Å². The second-order valence-corrected chi connectivity index (χ2v) is 5.81. The molecule has 18 heavy (non-hydrogen) atoms. The summed E-state index contributed by atoms with van der Waals surface area (Å²) in [7, 11) is -3.54. The lowest BCUT2D eigenvalue weighted by atomic mass is 10.2. The first-order valence-corrected chi connectivity index (χ1v) is 7.29. The molecule has 0 heterocycles. The van der Waals surface area contributed by atoms with Gasteiger partial charge in [0.25, 0.3) is 0 Å². The zero-order valence-corrected chi connectivity index (χ0v) is 11.3. The number of nitrogens with one attached hydrogen (secondary N) is 1. The van der Waals surface area contributed by atoms with Crippen molar-refractivity contribution in [2.45, 2.75) is 31.2 Å². The molecule has 1 aromatic carbocycles. The molecule has 1 amide bonds. The maximum atomic E-state index is 11.8. The van der Waals surface area contributed by atoms with Crippen LogP contribution in [0, 0.1) is 0 Å². The summed E-state index contributed by atoms with van der Waals surface area (Å²) in [5.74, 6) is -0.399. The number of amides is 1. The molecule has 0 aromatic heterocycles. The van der Waals surface area contributed by atoms with Gasteiger partial charge < -0.3 is 5.32 Å². The minimum Gasteiger partial charge on any atom is -0.350 e. The number of sulfone groups is 1. The van der Waals surface area contributed by atoms with Crippen LogP contribution in [0.4, 0.5) is 0 Å². The van der Waals surface area contributed by atoms with E-state index >= 15 is 0 Å². The first-order chi connectivity index (χ1) is 8.45. The summed E-state index contributed by atoms with van der Waals surface area (Å²) in [6.45, 7) is 3.80. The average molecular weight is 267 g/mol. The van der Waals surface area contributed by atoms with Gasteiger partial charge in [0.15, 0.2) is 9.84 Å². The van der Waals surface area contributed by atoms with Gasteiger partial charge in [-0.1, -0.05) is 25.1 Å². The van der Waals surface area contributed by atoms with Crippen molar-refractivity contribution in [3.8, 4) is 0 Å². The van der Waals surface area contributed by atoms with Gasteiger partial charge >= 0.3 is 0 Å². The predicted molar refractivity (Wildman–Crippen MR) is 70.7 cm³/mol. The fourth-order valence-corrected chi connectivity index (χ4v) is 2.23. The summed E-state index contributed by atoms with van der Waals surface area (Å²) >= 11 is 0. The second-order valence-electron chi connectivity index (χ2n) is 3.98. The fourth-order valence-electron chi connectivity index (χ4n) is 1.23. The van der Waals surface area contributed by atoms with Gasteiger partial charge in [-0.05, 0) is 25.5 Å². The van der Waals surface area contributed by atoms with Gasteiger partial charge in [-0.25, -0.2) is 8.42 Å². The smallest absolute Gasteiger partial charge is 0.244 e. The summed E-state index contributed by atoms with van der Waals surface area (Å²) in [6.07, 6.45) is 1.85. The highest BCUT2D eigenvalue weighted by Crippen LogP contribution is 2.10. The van der Waals surface area contributed by atoms with E-state index in [9.17, 15) is 13.2 Å². The Hall–Kier alpha value is -1.62. The summed E-state index contributed by atoms with van der Waals surface area (Å²) < 4.78 is 23.7. The largest absolute Gasteiger partial charge is 0.350 e. The van der Waals surface area contributed by atoms with Crippen LogP contribution in [0.2, 0.25) is 0 Å². The first-order valence-electron chi connectivity index (χ1n) is 5.74. The van der Waals surface area contributed by atoms with E-state index in [-0.39, 0.29) is 10.9 Å². The highest BCUT2D eigenvalue weighted by molar-refractivity contribution is 7.94. The highest BCUT2D eigenvalue weighted by atomic mass is 32.2. The van der Waals surface area contributed by atoms with E-state index in [0.29, 0.717) is 0 Å². The third-order valence-electron chi connectivity index (χ3n) is 2.47. The van der Waals surface area contributed by atoms with Crippen molar-refractivity contribution in [1.82, 2.24) is 5.32 Å². The van der Waals surface area contributed by atoms with Crippen molar-refractivity contribution < 1.29 is 13.2 Å². The molecule has 0 saturated carbocycles. The van der Waals surface area contributed by atoms with Gasteiger partial charge in [-0.15, -0.1) is 0 Å². The molecule has 0 spiro atoms. The number of hydrogen-bond acceptors (Lipinski definition) is 3. The summed E-state index contributed by atoms with van der Waals surface area (Å²) in [5.41, 5.74) is 0. The van der Waals surface area contributed by atoms with Crippen LogP contribution in [0.1, 0.15) is 20.3 Å². The Morgan fingerprint density at radius 2 is 1.94 bits per heavy atom. The highest BCUT2D eigenvalue weighted by Gasteiger charge is 2.10. The molecule has 0 radical (unpaired) electrons. The number of hydrogen-bond donors (Lipinski definition) is 1. The maximum absolute atomic E-state index is 11.8. The van der Waals surface area contributed by atoms with Gasteiger partial charge in [0.2, 0.25) is 5.91 Å². The third kappa shape index (κ3) is 4.33. The van der Waals surface area contributed by atoms with E-state index in [1.165, 1.54) is 12.1 Å². The molecular formula is C13H17NO3S. The normalized spacial score (nSPS) is 13.4. The molecule has 0 aliphatic rings. The Labute approximate surface area is 108 Å². The first kappa shape index (κ1) is 14.4. The van der Waals surface area contributed by atoms with Crippen molar-refractivity contribution in [1.29, 1.82) is 0 Å². The van der Waals surface area contributed by atoms with Crippen molar-refractivity contribution in [2.75, 3.05) is 0 Å². The minimum absolute atomic E-state index is 0.0292. The van der Waals surface area contributed by atoms with Crippen LogP contribution in [-0.2, 0) is 14.6 Å². The van der Waals surface area contributed by atoms with Crippen LogP contribution in [-0.4, -0.2) is 20.4 Å². The molecule has 0 saturated heterocycles. The molecule has 1 aromatic rings. The standard InChI is InChI=1S/C13H17NO3S/c1-3-11(2)14-13(15)9-10-18(16,17)12-7-5-4-6-8-12/h4-11H,3H2,1-2H3,(H,14,15). The number of carbonyl (C=O) groups is 1. The molecule has 1 N–H and O–H groups in total. The molecule has 1 rings (SSSR count). The van der Waals surface area contributed by atoms with Gasteiger partial charge in [-0.2, -0.15) is 0 Å². The van der Waals surface area contributed by atoms with Crippen molar-refractivity contribution >= 4 is 15.7 Å². The van der Waals surface area contributed by atoms with E-state index in [0.717, 1.165) is 17.9 Å². The topological polar surface area (TPSA) is 63.2 Å². The van der Waals surface area contributed by atoms with Crippen LogP contribution in [0.15, 0.2) is 46.7 Å². The lowest BCUT2D eigenvalue weighted by molar-refractivity contribution is -0.117. The van der Waals surface area contributed by atoms with Crippen LogP contribution in [0.3, 0.4) is 0 Å². The molecule has 98 valence electrons. The average Bonchev–Trinajstić information content (AvgIpc) is 2.37. The lowest BCUT2D eigenvalue weighted by Crippen LogP contribution is -2.30. The number of benzene rings is 1. The Morgan fingerprint density at radius 3 is 2.50 bits per heavy atom. The van der Waals surface area contributed by atoms with Crippen LogP contribution < -0.4 is 5.32 Å². The molecule has 0 aliphatic heterocycles. The summed E-state index contributed by atoms with van der Waals surface area (Å²) in [6, 6.07) is 8.03. The molecular weight excluding hydrogens is 250 g/mol. The van der Waals surface area contributed by atoms with Gasteiger partial charge in [0.1, 0.15) is 0 Å². The zero-order valence-electron chi connectivity index (χ0n) is 10.5. The lowest BCUT2D eigenvalue weighted by Gasteiger charge is -2.08. The molecule has 0 aliphatic carbocycles. The SMILES string of the molecule is CCC(C)NC(=O)C=CS(=O)(=O)c1ccccc1. The summed E-state index contributed by atoms with van der Waals surface area (Å²) in [5, 5.41) is 3.59. The van der Waals surface area contributed by atoms with Crippen LogP contribution in [0.5, 0.6) is 0 Å². The monoisotopic (exact) mass is 267 g/mol. The van der Waals surface area contributed by atoms with E-state index in [1.54, 1.807) is 18.2 Å². The van der Waals surface area contributed by atoms with Gasteiger partial charge in [0, 0.05) is 17.5 Å². The molecule has 0 bridgehead atoms. The third-order valence-corrected chi connectivity index (χ3v) is 3.89. The molecule has 1 atom stereocenters. The molecule has 5 heteroatoms. The Bertz CT molecular complexity index is 520. The fraction of sp³-hybridized carbons (Fsp3) is 0.308. The van der Waals surface area contributed by atoms with Gasteiger partial charge in [-0.3, -0.25) is 4.79 Å². The Balaban J connectivity index is 2.75. The van der Waals surface area contributed by atoms with Crippen LogP contribution >= 0.6 is 0 Å². The van der Waals surface area contributed by atoms with Gasteiger partial charge in [0.05, 0.1) is 4.90 Å². The van der Waals surface area contributed by atoms with E-state index in [2.05, 4.69) is 5.32 Å². The van der Waals surface area contributed by atoms with Crippen molar-refractivity contribution in [2.24, 2.45) is 0 Å². The van der Waals surface area contributed by atoms with Crippen molar-refractivity contribution in [3.63, 3.8) is 0 Å². The zero-order chi connectivity index (χ0) is 13.6. The number of carbonyl (C=O) groups excluding carboxylic acids is 1. The van der Waals surface area contributed by atoms with E-state index in [1.807, 2.05) is 13.8 Å². The second kappa shape index (κ2) is 6.35. The quantitative estimate of drug-likeness (QED) is 0.829. The predicted octanol–water partition coefficient (Wildman–Crippen LogP) is 1.89. The molecule has 1 unspecified atom stereocenters.